The maximum Gasteiger partial charge on any atom is 0.199 e. The molecule has 2 aromatic rings. The molecule has 6 nitrogen and oxygen atoms in total. The molecular weight excluding hydrogens is 318 g/mol. The second-order valence-corrected chi connectivity index (χ2v) is 6.80. The molecule has 2 heterocycles. The molecule has 0 amide bonds. The van der Waals surface area contributed by atoms with E-state index in [9.17, 15) is 5.11 Å². The molecule has 0 aliphatic carbocycles. The number of nitrogens with zero attached hydrogens (tertiary/aromatic N) is 5. The molecule has 0 unspecified atom stereocenters. The van der Waals surface area contributed by atoms with Gasteiger partial charge in [-0.3, -0.25) is 4.90 Å². The summed E-state index contributed by atoms with van der Waals surface area (Å²) in [6.07, 6.45) is 3.93. The molecule has 0 aliphatic rings. The number of aliphatic hydroxyl groups excluding tert-OH is 1. The van der Waals surface area contributed by atoms with E-state index in [0.29, 0.717) is 17.3 Å². The Kier molecular flexibility index (Phi) is 6.25. The molecule has 0 radical (unpaired) electrons. The van der Waals surface area contributed by atoms with E-state index in [4.69, 9.17) is 12.2 Å². The monoisotopic (exact) mass is 341 g/mol. The molecule has 22 heavy (non-hydrogen) atoms. The van der Waals surface area contributed by atoms with Crippen molar-refractivity contribution in [2.24, 2.45) is 0 Å². The second kappa shape index (κ2) is 7.96. The lowest BCUT2D eigenvalue weighted by Crippen LogP contribution is -2.22. The predicted molar refractivity (Wildman–Crippen MR) is 90.2 cm³/mol. The van der Waals surface area contributed by atoms with Gasteiger partial charge in [-0.05, 0) is 32.1 Å². The van der Waals surface area contributed by atoms with Crippen molar-refractivity contribution in [3.8, 4) is 0 Å². The van der Waals surface area contributed by atoms with Gasteiger partial charge in [-0.1, -0.05) is 13.8 Å². The van der Waals surface area contributed by atoms with Crippen LogP contribution in [0.2, 0.25) is 0 Å². The summed E-state index contributed by atoms with van der Waals surface area (Å²) >= 11 is 7.21. The van der Waals surface area contributed by atoms with Gasteiger partial charge in [0.25, 0.3) is 0 Å². The van der Waals surface area contributed by atoms with Crippen molar-refractivity contribution in [3.63, 3.8) is 0 Å². The third-order valence-corrected chi connectivity index (χ3v) is 4.88. The van der Waals surface area contributed by atoms with Gasteiger partial charge in [0.1, 0.15) is 11.6 Å². The number of aromatic nitrogens is 4. The van der Waals surface area contributed by atoms with E-state index in [0.717, 1.165) is 30.9 Å². The van der Waals surface area contributed by atoms with Crippen molar-refractivity contribution in [2.75, 3.05) is 7.05 Å². The van der Waals surface area contributed by atoms with Gasteiger partial charge in [0, 0.05) is 17.6 Å². The lowest BCUT2D eigenvalue weighted by molar-refractivity contribution is 0.238. The normalized spacial score (nSPS) is 11.5. The van der Waals surface area contributed by atoms with Crippen molar-refractivity contribution < 1.29 is 5.11 Å². The van der Waals surface area contributed by atoms with Crippen LogP contribution < -0.4 is 0 Å². The Bertz CT molecular complexity index is 660. The lowest BCUT2D eigenvalue weighted by Gasteiger charge is -2.14. The number of rotatable bonds is 8. The highest BCUT2D eigenvalue weighted by atomic mass is 32.1. The Morgan fingerprint density at radius 3 is 2.77 bits per heavy atom. The zero-order valence-electron chi connectivity index (χ0n) is 13.3. The largest absolute Gasteiger partial charge is 0.388 e. The molecular formula is C14H23N5OS2. The maximum absolute atomic E-state index is 9.42. The van der Waals surface area contributed by atoms with Crippen molar-refractivity contribution in [1.29, 1.82) is 0 Å². The average Bonchev–Trinajstić information content (AvgIpc) is 3.06. The van der Waals surface area contributed by atoms with E-state index in [1.807, 2.05) is 17.8 Å². The molecule has 2 rings (SSSR count). The Labute approximate surface area is 140 Å². The van der Waals surface area contributed by atoms with Crippen LogP contribution in [-0.4, -0.2) is 36.4 Å². The van der Waals surface area contributed by atoms with Crippen LogP contribution in [0.1, 0.15) is 36.0 Å². The molecule has 0 atom stereocenters. The fourth-order valence-electron chi connectivity index (χ4n) is 2.24. The minimum atomic E-state index is -0.0906. The van der Waals surface area contributed by atoms with Crippen LogP contribution in [0.15, 0.2) is 6.20 Å². The summed E-state index contributed by atoms with van der Waals surface area (Å²) in [6.45, 7) is 6.26. The summed E-state index contributed by atoms with van der Waals surface area (Å²) in [5.74, 6) is 0.628. The van der Waals surface area contributed by atoms with E-state index < -0.39 is 0 Å². The van der Waals surface area contributed by atoms with E-state index >= 15 is 0 Å². The first kappa shape index (κ1) is 17.3. The zero-order valence-corrected chi connectivity index (χ0v) is 15.0. The third-order valence-electron chi connectivity index (χ3n) is 3.32. The molecule has 8 heteroatoms. The minimum Gasteiger partial charge on any atom is -0.388 e. The van der Waals surface area contributed by atoms with E-state index in [1.54, 1.807) is 16.0 Å². The molecule has 0 fully saturated rings. The standard InChI is InChI=1S/C14H23N5OS2/c1-4-6-18-12(9-20)16-19(14(18)21)10-17(3)8-13-15-7-11(5-2)22-13/h7,20H,4-6,8-10H2,1-3H3. The van der Waals surface area contributed by atoms with Crippen LogP contribution in [0, 0.1) is 4.77 Å². The molecule has 0 bridgehead atoms. The van der Waals surface area contributed by atoms with Crippen LogP contribution in [-0.2, 0) is 32.8 Å². The summed E-state index contributed by atoms with van der Waals surface area (Å²) in [5, 5.41) is 14.9. The molecule has 0 aromatic carbocycles. The second-order valence-electron chi connectivity index (χ2n) is 5.24. The van der Waals surface area contributed by atoms with Gasteiger partial charge in [0.2, 0.25) is 0 Å². The molecule has 0 spiro atoms. The highest BCUT2D eigenvalue weighted by Gasteiger charge is 2.12. The summed E-state index contributed by atoms with van der Waals surface area (Å²) in [4.78, 5) is 7.86. The molecule has 1 N–H and O–H groups in total. The average molecular weight is 342 g/mol. The lowest BCUT2D eigenvalue weighted by atomic mass is 10.4. The van der Waals surface area contributed by atoms with Crippen molar-refractivity contribution >= 4 is 23.6 Å². The van der Waals surface area contributed by atoms with Crippen LogP contribution in [0.4, 0.5) is 0 Å². The first-order valence-electron chi connectivity index (χ1n) is 7.48. The first-order valence-corrected chi connectivity index (χ1v) is 8.71. The van der Waals surface area contributed by atoms with Gasteiger partial charge < -0.3 is 9.67 Å². The van der Waals surface area contributed by atoms with E-state index in [1.165, 1.54) is 4.88 Å². The Morgan fingerprint density at radius 2 is 2.18 bits per heavy atom. The molecule has 0 aliphatic heterocycles. The Hall–Kier alpha value is -1.09. The van der Waals surface area contributed by atoms with Gasteiger partial charge in [-0.15, -0.1) is 11.3 Å². The number of hydrogen-bond donors (Lipinski definition) is 1. The van der Waals surface area contributed by atoms with Crippen LogP contribution in [0.5, 0.6) is 0 Å². The summed E-state index contributed by atoms with van der Waals surface area (Å²) in [7, 11) is 2.02. The maximum atomic E-state index is 9.42. The van der Waals surface area contributed by atoms with E-state index in [2.05, 4.69) is 28.8 Å². The van der Waals surface area contributed by atoms with Crippen LogP contribution in [0.3, 0.4) is 0 Å². The summed E-state index contributed by atoms with van der Waals surface area (Å²) in [5.41, 5.74) is 0. The summed E-state index contributed by atoms with van der Waals surface area (Å²) < 4.78 is 4.33. The highest BCUT2D eigenvalue weighted by Crippen LogP contribution is 2.15. The van der Waals surface area contributed by atoms with Gasteiger partial charge in [0.05, 0.1) is 13.2 Å². The topological polar surface area (TPSA) is 59.1 Å². The van der Waals surface area contributed by atoms with Gasteiger partial charge in [-0.2, -0.15) is 5.10 Å². The van der Waals surface area contributed by atoms with Crippen LogP contribution in [0.25, 0.3) is 0 Å². The molecule has 122 valence electrons. The van der Waals surface area contributed by atoms with Gasteiger partial charge >= 0.3 is 0 Å². The Balaban J connectivity index is 2.07. The zero-order chi connectivity index (χ0) is 16.1. The number of aliphatic hydroxyl groups is 1. The van der Waals surface area contributed by atoms with Crippen molar-refractivity contribution in [2.45, 2.75) is 53.1 Å². The number of hydrogen-bond acceptors (Lipinski definition) is 6. The Morgan fingerprint density at radius 1 is 1.41 bits per heavy atom. The smallest absolute Gasteiger partial charge is 0.199 e. The minimum absolute atomic E-state index is 0.0906. The quantitative estimate of drug-likeness (QED) is 0.747. The SMILES string of the molecule is CCCn1c(CO)nn(CN(C)Cc2ncc(CC)s2)c1=S. The molecule has 2 aromatic heterocycles. The molecule has 0 saturated carbocycles. The highest BCUT2D eigenvalue weighted by molar-refractivity contribution is 7.71. The van der Waals surface area contributed by atoms with Crippen molar-refractivity contribution in [3.05, 3.63) is 26.7 Å². The number of aryl methyl sites for hydroxylation is 1. The van der Waals surface area contributed by atoms with Crippen molar-refractivity contribution in [1.82, 2.24) is 24.2 Å². The van der Waals surface area contributed by atoms with Crippen LogP contribution >= 0.6 is 23.6 Å². The first-order chi connectivity index (χ1) is 10.6. The third kappa shape index (κ3) is 4.01. The fraction of sp³-hybridized carbons (Fsp3) is 0.643. The van der Waals surface area contributed by atoms with Gasteiger partial charge in [0.15, 0.2) is 10.6 Å². The predicted octanol–water partition coefficient (Wildman–Crippen LogP) is 2.42. The fourth-order valence-corrected chi connectivity index (χ4v) is 3.48. The molecule has 0 saturated heterocycles. The number of thiazole rings is 1. The van der Waals surface area contributed by atoms with Gasteiger partial charge in [-0.25, -0.2) is 9.67 Å². The van der Waals surface area contributed by atoms with E-state index in [-0.39, 0.29) is 6.61 Å². The summed E-state index contributed by atoms with van der Waals surface area (Å²) in [6, 6.07) is 0.